The molecule has 0 atom stereocenters. The summed E-state index contributed by atoms with van der Waals surface area (Å²) in [6.07, 6.45) is 3.10. The van der Waals surface area contributed by atoms with Crippen LogP contribution in [-0.2, 0) is 9.53 Å². The van der Waals surface area contributed by atoms with Gasteiger partial charge in [0.1, 0.15) is 22.6 Å². The van der Waals surface area contributed by atoms with Gasteiger partial charge in [0.15, 0.2) is 5.65 Å². The lowest BCUT2D eigenvalue weighted by molar-refractivity contribution is -0.111. The smallest absolute Gasteiger partial charge is 0.344 e. The summed E-state index contributed by atoms with van der Waals surface area (Å²) in [7, 11) is 1.55. The number of fused-ring (bicyclic) bond motifs is 2. The Kier molecular flexibility index (Phi) is 6.63. The number of carbonyl (C=O) groups is 2. The number of aromatic nitrogens is 3. The minimum atomic E-state index is -0.618. The normalized spacial score (nSPS) is 11.2. The molecule has 0 aliphatic heterocycles. The molecule has 8 nitrogen and oxygen atoms in total. The minimum absolute atomic E-state index is 0.113. The van der Waals surface area contributed by atoms with Crippen molar-refractivity contribution in [3.63, 3.8) is 0 Å². The van der Waals surface area contributed by atoms with E-state index in [9.17, 15) is 9.59 Å². The first-order chi connectivity index (χ1) is 18.1. The lowest BCUT2D eigenvalue weighted by Crippen LogP contribution is -2.16. The van der Waals surface area contributed by atoms with Crippen molar-refractivity contribution < 1.29 is 19.1 Å². The maximum Gasteiger partial charge on any atom is 0.344 e. The highest BCUT2D eigenvalue weighted by atomic mass is 16.5. The summed E-state index contributed by atoms with van der Waals surface area (Å²) in [5.74, 6) is -0.331. The Bertz CT molecular complexity index is 1640. The fraction of sp³-hybridized carbons (Fsp3) is 0.103. The van der Waals surface area contributed by atoms with E-state index >= 15 is 0 Å². The van der Waals surface area contributed by atoms with Crippen LogP contribution in [0.1, 0.15) is 22.8 Å². The molecule has 1 N–H and O–H groups in total. The van der Waals surface area contributed by atoms with E-state index in [0.29, 0.717) is 33.6 Å². The molecule has 37 heavy (non-hydrogen) atoms. The molecule has 0 fully saturated rings. The third-order valence-electron chi connectivity index (χ3n) is 5.74. The standard InChI is InChI=1S/C29H24N4O4/c1-3-37-29(35)25-26-28(31-21-14-8-7-13-20(21)30-26)33(22-15-9-10-16-23(22)36-2)27(25)32-24(34)18-17-19-11-5-4-6-12-19/h4-18H,3H2,1-2H3,(H,32,34). The van der Waals surface area contributed by atoms with Gasteiger partial charge in [-0.2, -0.15) is 0 Å². The highest BCUT2D eigenvalue weighted by molar-refractivity contribution is 6.13. The van der Waals surface area contributed by atoms with Crippen molar-refractivity contribution in [1.29, 1.82) is 0 Å². The van der Waals surface area contributed by atoms with Crippen LogP contribution in [0.4, 0.5) is 5.82 Å². The van der Waals surface area contributed by atoms with Crippen molar-refractivity contribution in [1.82, 2.24) is 14.5 Å². The zero-order valence-corrected chi connectivity index (χ0v) is 20.3. The van der Waals surface area contributed by atoms with Crippen LogP contribution in [0.5, 0.6) is 5.75 Å². The van der Waals surface area contributed by atoms with Gasteiger partial charge in [-0.15, -0.1) is 0 Å². The van der Waals surface area contributed by atoms with Crippen molar-refractivity contribution in [3.8, 4) is 11.4 Å². The van der Waals surface area contributed by atoms with Gasteiger partial charge < -0.3 is 14.8 Å². The van der Waals surface area contributed by atoms with Crippen molar-refractivity contribution >= 4 is 46.0 Å². The molecule has 0 saturated carbocycles. The van der Waals surface area contributed by atoms with E-state index in [2.05, 4.69) is 5.32 Å². The van der Waals surface area contributed by atoms with Gasteiger partial charge >= 0.3 is 5.97 Å². The number of amides is 1. The molecule has 0 spiro atoms. The van der Waals surface area contributed by atoms with Crippen LogP contribution in [0.25, 0.3) is 34.0 Å². The molecule has 8 heteroatoms. The number of nitrogens with one attached hydrogen (secondary N) is 1. The number of esters is 1. The molecule has 0 aliphatic carbocycles. The van der Waals surface area contributed by atoms with Crippen LogP contribution in [0.15, 0.2) is 84.9 Å². The van der Waals surface area contributed by atoms with Crippen LogP contribution in [0.2, 0.25) is 0 Å². The predicted molar refractivity (Wildman–Crippen MR) is 143 cm³/mol. The molecular formula is C29H24N4O4. The Morgan fingerprint density at radius 3 is 2.32 bits per heavy atom. The number of rotatable bonds is 7. The number of ether oxygens (including phenoxy) is 2. The van der Waals surface area contributed by atoms with E-state index in [1.54, 1.807) is 30.7 Å². The van der Waals surface area contributed by atoms with Crippen LogP contribution in [0, 0.1) is 0 Å². The average Bonchev–Trinajstić information content (AvgIpc) is 3.23. The van der Waals surface area contributed by atoms with Crippen LogP contribution in [-0.4, -0.2) is 40.1 Å². The second-order valence-electron chi connectivity index (χ2n) is 8.07. The average molecular weight is 493 g/mol. The van der Waals surface area contributed by atoms with E-state index < -0.39 is 11.9 Å². The fourth-order valence-electron chi connectivity index (χ4n) is 4.10. The summed E-state index contributed by atoms with van der Waals surface area (Å²) >= 11 is 0. The first-order valence-electron chi connectivity index (χ1n) is 11.8. The first-order valence-corrected chi connectivity index (χ1v) is 11.8. The molecule has 0 radical (unpaired) electrons. The van der Waals surface area contributed by atoms with E-state index in [4.69, 9.17) is 19.4 Å². The van der Waals surface area contributed by atoms with E-state index in [1.165, 1.54) is 6.08 Å². The zero-order valence-electron chi connectivity index (χ0n) is 20.3. The largest absolute Gasteiger partial charge is 0.495 e. The first kappa shape index (κ1) is 23.7. The molecule has 0 saturated heterocycles. The van der Waals surface area contributed by atoms with Crippen molar-refractivity contribution in [3.05, 3.63) is 96.1 Å². The Hall–Kier alpha value is -4.98. The van der Waals surface area contributed by atoms with Crippen LogP contribution < -0.4 is 10.1 Å². The third-order valence-corrected chi connectivity index (χ3v) is 5.74. The van der Waals surface area contributed by atoms with Gasteiger partial charge in [-0.05, 0) is 42.8 Å². The molecule has 5 aromatic rings. The number of hydrogen-bond donors (Lipinski definition) is 1. The summed E-state index contributed by atoms with van der Waals surface area (Å²) in [5.41, 5.74) is 3.50. The molecule has 2 aromatic heterocycles. The summed E-state index contributed by atoms with van der Waals surface area (Å²) in [6.45, 7) is 1.88. The van der Waals surface area contributed by atoms with Gasteiger partial charge in [-0.3, -0.25) is 9.36 Å². The lowest BCUT2D eigenvalue weighted by Gasteiger charge is -2.14. The molecule has 0 bridgehead atoms. The number of methoxy groups -OCH3 is 1. The molecule has 0 unspecified atom stereocenters. The maximum atomic E-state index is 13.3. The van der Waals surface area contributed by atoms with Crippen LogP contribution >= 0.6 is 0 Å². The molecule has 0 aliphatic rings. The Morgan fingerprint density at radius 1 is 0.919 bits per heavy atom. The SMILES string of the molecule is CCOC(=O)c1c(NC(=O)C=Cc2ccccc2)n(-c2ccccc2OC)c2nc3ccccc3nc12. The summed E-state index contributed by atoms with van der Waals surface area (Å²) < 4.78 is 12.7. The van der Waals surface area contributed by atoms with Gasteiger partial charge in [-0.25, -0.2) is 14.8 Å². The third kappa shape index (κ3) is 4.64. The van der Waals surface area contributed by atoms with Crippen LogP contribution in [0.3, 0.4) is 0 Å². The topological polar surface area (TPSA) is 95.3 Å². The van der Waals surface area contributed by atoms with Gasteiger partial charge in [0, 0.05) is 6.08 Å². The van der Waals surface area contributed by atoms with Crippen molar-refractivity contribution in [2.24, 2.45) is 0 Å². The second-order valence-corrected chi connectivity index (χ2v) is 8.07. The number of benzene rings is 3. The van der Waals surface area contributed by atoms with Gasteiger partial charge in [-0.1, -0.05) is 54.6 Å². The molecule has 184 valence electrons. The van der Waals surface area contributed by atoms with Crippen molar-refractivity contribution in [2.45, 2.75) is 6.92 Å². The molecule has 1 amide bonds. The van der Waals surface area contributed by atoms with E-state index in [-0.39, 0.29) is 18.0 Å². The maximum absolute atomic E-state index is 13.3. The minimum Gasteiger partial charge on any atom is -0.495 e. The van der Waals surface area contributed by atoms with E-state index in [0.717, 1.165) is 5.56 Å². The molecular weight excluding hydrogens is 468 g/mol. The quantitative estimate of drug-likeness (QED) is 0.241. The summed E-state index contributed by atoms with van der Waals surface area (Å²) in [4.78, 5) is 36.0. The number of hydrogen-bond acceptors (Lipinski definition) is 6. The second kappa shape index (κ2) is 10.3. The lowest BCUT2D eigenvalue weighted by atomic mass is 10.2. The van der Waals surface area contributed by atoms with E-state index in [1.807, 2.05) is 72.8 Å². The van der Waals surface area contributed by atoms with Gasteiger partial charge in [0.2, 0.25) is 5.91 Å². The monoisotopic (exact) mass is 492 g/mol. The zero-order chi connectivity index (χ0) is 25.8. The number of para-hydroxylation sites is 4. The van der Waals surface area contributed by atoms with Gasteiger partial charge in [0.05, 0.1) is 30.4 Å². The fourth-order valence-corrected chi connectivity index (χ4v) is 4.10. The Morgan fingerprint density at radius 2 is 1.59 bits per heavy atom. The molecule has 5 rings (SSSR count). The Balaban J connectivity index is 1.77. The highest BCUT2D eigenvalue weighted by Crippen LogP contribution is 2.36. The predicted octanol–water partition coefficient (Wildman–Crippen LogP) is 5.41. The number of anilines is 1. The molecule has 2 heterocycles. The van der Waals surface area contributed by atoms with Gasteiger partial charge in [0.25, 0.3) is 0 Å². The highest BCUT2D eigenvalue weighted by Gasteiger charge is 2.29. The molecule has 3 aromatic carbocycles. The van der Waals surface area contributed by atoms with Crippen molar-refractivity contribution in [2.75, 3.05) is 19.0 Å². The number of carbonyl (C=O) groups excluding carboxylic acids is 2. The summed E-state index contributed by atoms with van der Waals surface area (Å²) in [6, 6.07) is 24.1. The summed E-state index contributed by atoms with van der Waals surface area (Å²) in [5, 5.41) is 2.88. The Labute approximate surface area is 213 Å². The number of nitrogens with zero attached hydrogens (tertiary/aromatic N) is 3.